The van der Waals surface area contributed by atoms with Gasteiger partial charge in [-0.2, -0.15) is 0 Å². The van der Waals surface area contributed by atoms with E-state index in [9.17, 15) is 4.79 Å². The van der Waals surface area contributed by atoms with E-state index >= 15 is 0 Å². The molecule has 0 radical (unpaired) electrons. The van der Waals surface area contributed by atoms with Crippen LogP contribution in [0.5, 0.6) is 0 Å². The van der Waals surface area contributed by atoms with Crippen molar-refractivity contribution >= 4 is 32.7 Å². The zero-order valence-corrected chi connectivity index (χ0v) is 8.06. The molecule has 1 saturated heterocycles. The van der Waals surface area contributed by atoms with E-state index in [4.69, 9.17) is 10.8 Å². The first-order chi connectivity index (χ1) is 4.61. The van der Waals surface area contributed by atoms with Crippen LogP contribution in [0.4, 0.5) is 0 Å². The van der Waals surface area contributed by atoms with Gasteiger partial charge in [0.05, 0.1) is 0 Å². The summed E-state index contributed by atoms with van der Waals surface area (Å²) in [6, 6.07) is 0. The van der Waals surface area contributed by atoms with E-state index in [1.165, 1.54) is 0 Å². The summed E-state index contributed by atoms with van der Waals surface area (Å²) in [5.74, 6) is 0.0644. The van der Waals surface area contributed by atoms with Gasteiger partial charge in [0.1, 0.15) is 0 Å². The molecule has 0 saturated carbocycles. The van der Waals surface area contributed by atoms with Crippen LogP contribution in [0.1, 0.15) is 0 Å². The predicted octanol–water partition coefficient (Wildman–Crippen LogP) is -0.405. The van der Waals surface area contributed by atoms with Crippen LogP contribution < -0.4 is 5.73 Å². The second-order valence-corrected chi connectivity index (χ2v) is 6.18. The minimum atomic E-state index is -0.827. The third-order valence-electron chi connectivity index (χ3n) is 1.41. The molecule has 1 fully saturated rings. The first kappa shape index (κ1) is 8.40. The van der Waals surface area contributed by atoms with Crippen molar-refractivity contribution in [1.29, 1.82) is 0 Å². The molecule has 1 heterocycles. The van der Waals surface area contributed by atoms with Crippen LogP contribution in [0.2, 0.25) is 4.82 Å². The molecular weight excluding hydrogens is 217 g/mol. The Kier molecular flexibility index (Phi) is 2.30. The standard InChI is InChI=1S/C5H9NO2SSe/c1-9-2-3-5(6,10-3)4(7)8/h3H,2,6H2,1H3,(H,7,8). The van der Waals surface area contributed by atoms with Gasteiger partial charge in [0, 0.05) is 0 Å². The van der Waals surface area contributed by atoms with E-state index in [0.29, 0.717) is 0 Å². The SMILES string of the molecule is CSCC1[Se]C1(N)C(=O)O. The summed E-state index contributed by atoms with van der Waals surface area (Å²) < 4.78 is -0.823. The molecule has 2 atom stereocenters. The fourth-order valence-corrected chi connectivity index (χ4v) is 4.30. The Morgan fingerprint density at radius 3 is 2.90 bits per heavy atom. The van der Waals surface area contributed by atoms with Crippen molar-refractivity contribution in [3.05, 3.63) is 0 Å². The number of thioether (sulfide) groups is 1. The van der Waals surface area contributed by atoms with Gasteiger partial charge in [-0.3, -0.25) is 0 Å². The fraction of sp³-hybridized carbons (Fsp3) is 0.800. The summed E-state index contributed by atoms with van der Waals surface area (Å²) in [6.45, 7) is 0. The van der Waals surface area contributed by atoms with Gasteiger partial charge in [0.25, 0.3) is 0 Å². The number of rotatable bonds is 3. The van der Waals surface area contributed by atoms with E-state index in [2.05, 4.69) is 0 Å². The topological polar surface area (TPSA) is 63.3 Å². The molecule has 0 amide bonds. The molecule has 1 aliphatic rings. The summed E-state index contributed by atoms with van der Waals surface area (Å²) in [5.41, 5.74) is 5.53. The number of hydrogen-bond acceptors (Lipinski definition) is 3. The number of carbonyl (C=O) groups is 1. The normalized spacial score (nSPS) is 37.6. The molecule has 0 aromatic rings. The van der Waals surface area contributed by atoms with Gasteiger partial charge in [-0.25, -0.2) is 0 Å². The van der Waals surface area contributed by atoms with Gasteiger partial charge < -0.3 is 0 Å². The van der Waals surface area contributed by atoms with Gasteiger partial charge in [-0.05, 0) is 0 Å². The van der Waals surface area contributed by atoms with E-state index in [-0.39, 0.29) is 19.8 Å². The van der Waals surface area contributed by atoms with Crippen LogP contribution in [0.3, 0.4) is 0 Å². The predicted molar refractivity (Wildman–Crippen MR) is 42.4 cm³/mol. The van der Waals surface area contributed by atoms with Gasteiger partial charge in [-0.1, -0.05) is 0 Å². The van der Waals surface area contributed by atoms with Crippen LogP contribution in [0.15, 0.2) is 0 Å². The molecule has 0 spiro atoms. The van der Waals surface area contributed by atoms with Crippen LogP contribution in [-0.2, 0) is 4.79 Å². The van der Waals surface area contributed by atoms with E-state index in [1.807, 2.05) is 6.26 Å². The number of aliphatic carboxylic acids is 1. The van der Waals surface area contributed by atoms with Crippen LogP contribution in [-0.4, -0.2) is 42.5 Å². The minimum absolute atomic E-state index is 0.127. The molecule has 1 aliphatic heterocycles. The summed E-state index contributed by atoms with van der Waals surface area (Å²) >= 11 is 1.79. The second kappa shape index (κ2) is 2.74. The first-order valence-corrected chi connectivity index (χ1v) is 6.04. The Morgan fingerprint density at radius 1 is 2.00 bits per heavy atom. The quantitative estimate of drug-likeness (QED) is 0.642. The van der Waals surface area contributed by atoms with Gasteiger partial charge in [-0.15, -0.1) is 0 Å². The van der Waals surface area contributed by atoms with Gasteiger partial charge in [0.2, 0.25) is 0 Å². The molecule has 0 aliphatic carbocycles. The van der Waals surface area contributed by atoms with Crippen molar-refractivity contribution in [1.82, 2.24) is 0 Å². The summed E-state index contributed by atoms with van der Waals surface area (Å²) in [7, 11) is 0. The van der Waals surface area contributed by atoms with Crippen molar-refractivity contribution in [3.8, 4) is 0 Å². The third-order valence-corrected chi connectivity index (χ3v) is 5.53. The number of nitrogens with two attached hydrogens (primary N) is 1. The third kappa shape index (κ3) is 1.32. The maximum atomic E-state index is 10.4. The monoisotopic (exact) mass is 227 g/mol. The molecular formula is C5H9NO2SSe. The molecule has 2 unspecified atom stereocenters. The molecule has 0 aromatic carbocycles. The number of carboxylic acid groups (broad SMARTS) is 1. The van der Waals surface area contributed by atoms with E-state index in [1.54, 1.807) is 11.8 Å². The molecule has 3 nitrogen and oxygen atoms in total. The number of carboxylic acids is 1. The van der Waals surface area contributed by atoms with Gasteiger partial charge >= 0.3 is 69.6 Å². The van der Waals surface area contributed by atoms with E-state index < -0.39 is 10.4 Å². The molecule has 5 heteroatoms. The Balaban J connectivity index is 2.40. The van der Waals surface area contributed by atoms with Crippen LogP contribution in [0.25, 0.3) is 0 Å². The Morgan fingerprint density at radius 2 is 2.60 bits per heavy atom. The van der Waals surface area contributed by atoms with Crippen molar-refractivity contribution in [2.75, 3.05) is 12.0 Å². The Bertz CT molecular complexity index is 166. The number of hydrogen-bond donors (Lipinski definition) is 2. The summed E-state index contributed by atoms with van der Waals surface area (Å²) in [6.07, 6.45) is 1.97. The van der Waals surface area contributed by atoms with Crippen molar-refractivity contribution in [2.45, 2.75) is 9.25 Å². The van der Waals surface area contributed by atoms with E-state index in [0.717, 1.165) is 5.75 Å². The van der Waals surface area contributed by atoms with Crippen LogP contribution in [0, 0.1) is 0 Å². The Labute approximate surface area is 69.9 Å². The zero-order chi connectivity index (χ0) is 7.78. The molecule has 0 bridgehead atoms. The molecule has 3 N–H and O–H groups in total. The molecule has 58 valence electrons. The fourth-order valence-electron chi connectivity index (χ4n) is 0.699. The molecule has 1 rings (SSSR count). The maximum absolute atomic E-state index is 10.4. The Hall–Kier alpha value is 0.299. The van der Waals surface area contributed by atoms with Crippen molar-refractivity contribution in [3.63, 3.8) is 0 Å². The molecule has 10 heavy (non-hydrogen) atoms. The molecule has 0 aromatic heterocycles. The second-order valence-electron chi connectivity index (χ2n) is 2.16. The van der Waals surface area contributed by atoms with Crippen molar-refractivity contribution < 1.29 is 9.90 Å². The first-order valence-electron chi connectivity index (χ1n) is 2.80. The zero-order valence-electron chi connectivity index (χ0n) is 5.53. The summed E-state index contributed by atoms with van der Waals surface area (Å²) in [5, 5.41) is 8.59. The average Bonchev–Trinajstić information content (AvgIpc) is 2.45. The van der Waals surface area contributed by atoms with Gasteiger partial charge in [0.15, 0.2) is 0 Å². The van der Waals surface area contributed by atoms with Crippen LogP contribution >= 0.6 is 11.8 Å². The van der Waals surface area contributed by atoms with Crippen molar-refractivity contribution in [2.24, 2.45) is 5.73 Å². The summed E-state index contributed by atoms with van der Waals surface area (Å²) in [4.78, 5) is 10.7. The average molecular weight is 226 g/mol.